The Kier molecular flexibility index (Phi) is 3.12. The van der Waals surface area contributed by atoms with Crippen LogP contribution in [0.4, 0.5) is 16.4 Å². The summed E-state index contributed by atoms with van der Waals surface area (Å²) in [5.41, 5.74) is 2.91. The summed E-state index contributed by atoms with van der Waals surface area (Å²) in [5, 5.41) is 4.53. The summed E-state index contributed by atoms with van der Waals surface area (Å²) in [6.07, 6.45) is 0. The molecule has 4 nitrogen and oxygen atoms in total. The first-order valence-corrected chi connectivity index (χ1v) is 8.44. The van der Waals surface area contributed by atoms with Gasteiger partial charge in [-0.15, -0.1) is 11.3 Å². The molecule has 0 spiro atoms. The van der Waals surface area contributed by atoms with Crippen LogP contribution in [0.15, 0.2) is 35.3 Å². The van der Waals surface area contributed by atoms with Gasteiger partial charge >= 0.3 is 0 Å². The molecule has 2 aromatic rings. The number of rotatable bonds is 0. The summed E-state index contributed by atoms with van der Waals surface area (Å²) < 4.78 is 8.50. The molecule has 0 bridgehead atoms. The predicted molar refractivity (Wildman–Crippen MR) is 94.0 cm³/mol. The molecular formula is C17H20N4S. The number of anilines is 2. The molecule has 1 fully saturated rings. The standard InChI is InChI=1S/C17H20N4S/c1-12-11-13-16(21-9-7-20(2)8-10-21)18-14-5-3-4-6-15(14)19-17(13)22-12/h3-6,11,19H,7-10H2,1-2H3/i11D. The van der Waals surface area contributed by atoms with Crippen LogP contribution in [0.2, 0.25) is 0 Å². The number of nitrogens with zero attached hydrogens (tertiary/aromatic N) is 3. The quantitative estimate of drug-likeness (QED) is 0.808. The third kappa shape index (κ3) is 2.40. The highest BCUT2D eigenvalue weighted by molar-refractivity contribution is 7.16. The van der Waals surface area contributed by atoms with E-state index < -0.39 is 0 Å². The van der Waals surface area contributed by atoms with Crippen LogP contribution in [-0.4, -0.2) is 48.9 Å². The number of likely N-dealkylation sites (N-methyl/N-ethyl adjacent to an activating group) is 1. The maximum absolute atomic E-state index is 8.50. The van der Waals surface area contributed by atoms with Crippen molar-refractivity contribution in [3.05, 3.63) is 40.7 Å². The molecule has 0 saturated carbocycles. The minimum atomic E-state index is 0.600. The highest BCUT2D eigenvalue weighted by Gasteiger charge is 2.25. The molecule has 2 aliphatic rings. The first-order valence-electron chi connectivity index (χ1n) is 8.12. The fourth-order valence-corrected chi connectivity index (χ4v) is 3.79. The first kappa shape index (κ1) is 12.7. The number of para-hydroxylation sites is 2. The third-order valence-electron chi connectivity index (χ3n) is 4.19. The van der Waals surface area contributed by atoms with Crippen molar-refractivity contribution in [1.29, 1.82) is 0 Å². The van der Waals surface area contributed by atoms with Crippen LogP contribution in [-0.2, 0) is 0 Å². The third-order valence-corrected chi connectivity index (χ3v) is 5.11. The van der Waals surface area contributed by atoms with Gasteiger partial charge in [0.05, 0.1) is 18.3 Å². The summed E-state index contributed by atoms with van der Waals surface area (Å²) in [6.45, 7) is 5.97. The lowest BCUT2D eigenvalue weighted by molar-refractivity contribution is 0.216. The molecule has 0 aliphatic carbocycles. The zero-order valence-electron chi connectivity index (χ0n) is 13.9. The van der Waals surface area contributed by atoms with E-state index in [1.54, 1.807) is 11.3 Å². The van der Waals surface area contributed by atoms with Gasteiger partial charge in [0.15, 0.2) is 0 Å². The van der Waals surface area contributed by atoms with Gasteiger partial charge in [0.2, 0.25) is 0 Å². The number of amidine groups is 1. The molecule has 0 radical (unpaired) electrons. The fraction of sp³-hybridized carbons (Fsp3) is 0.353. The van der Waals surface area contributed by atoms with Gasteiger partial charge in [-0.2, -0.15) is 0 Å². The fourth-order valence-electron chi connectivity index (χ4n) is 2.92. The lowest BCUT2D eigenvalue weighted by Crippen LogP contribution is -2.47. The second-order valence-electron chi connectivity index (χ2n) is 5.86. The van der Waals surface area contributed by atoms with Crippen LogP contribution in [0.3, 0.4) is 0 Å². The Bertz CT molecular complexity index is 775. The van der Waals surface area contributed by atoms with Gasteiger partial charge < -0.3 is 15.1 Å². The van der Waals surface area contributed by atoms with Gasteiger partial charge in [-0.1, -0.05) is 12.1 Å². The van der Waals surface area contributed by atoms with Crippen molar-refractivity contribution in [2.24, 2.45) is 4.99 Å². The Morgan fingerprint density at radius 1 is 1.23 bits per heavy atom. The lowest BCUT2D eigenvalue weighted by atomic mass is 10.2. The van der Waals surface area contributed by atoms with Crippen LogP contribution in [0.5, 0.6) is 0 Å². The average Bonchev–Trinajstić information content (AvgIpc) is 2.73. The van der Waals surface area contributed by atoms with Crippen molar-refractivity contribution in [1.82, 2.24) is 9.80 Å². The second-order valence-corrected chi connectivity index (χ2v) is 7.08. The van der Waals surface area contributed by atoms with E-state index in [0.29, 0.717) is 6.04 Å². The Labute approximate surface area is 136 Å². The number of nitrogens with one attached hydrogen (secondary N) is 1. The summed E-state index contributed by atoms with van der Waals surface area (Å²) in [7, 11) is 2.15. The van der Waals surface area contributed by atoms with Gasteiger partial charge in [0.1, 0.15) is 10.8 Å². The molecule has 1 aromatic heterocycles. The van der Waals surface area contributed by atoms with E-state index in [4.69, 9.17) is 6.36 Å². The molecular weight excluding hydrogens is 292 g/mol. The maximum Gasteiger partial charge on any atom is 0.139 e. The van der Waals surface area contributed by atoms with Crippen molar-refractivity contribution < 1.29 is 1.37 Å². The van der Waals surface area contributed by atoms with Crippen LogP contribution < -0.4 is 5.32 Å². The van der Waals surface area contributed by atoms with Crippen molar-refractivity contribution in [3.63, 3.8) is 0 Å². The van der Waals surface area contributed by atoms with Crippen molar-refractivity contribution >= 4 is 33.5 Å². The van der Waals surface area contributed by atoms with E-state index in [9.17, 15) is 0 Å². The van der Waals surface area contributed by atoms with Gasteiger partial charge in [0, 0.05) is 31.1 Å². The normalized spacial score (nSPS) is 18.7. The van der Waals surface area contributed by atoms with Crippen LogP contribution >= 0.6 is 11.3 Å². The number of benzene rings is 1. The molecule has 22 heavy (non-hydrogen) atoms. The van der Waals surface area contributed by atoms with Crippen LogP contribution in [0, 0.1) is 6.92 Å². The zero-order chi connectivity index (χ0) is 16.0. The Hall–Kier alpha value is -1.85. The summed E-state index contributed by atoms with van der Waals surface area (Å²) in [5.74, 6) is 0.944. The Morgan fingerprint density at radius 3 is 2.82 bits per heavy atom. The molecule has 1 N–H and O–H groups in total. The van der Waals surface area contributed by atoms with Gasteiger partial charge in [-0.3, -0.25) is 0 Å². The Balaban J connectivity index is 1.85. The largest absolute Gasteiger partial charge is 0.353 e. The molecule has 0 unspecified atom stereocenters. The van der Waals surface area contributed by atoms with Gasteiger partial charge in [-0.25, -0.2) is 4.99 Å². The first-order chi connectivity index (χ1) is 11.1. The molecule has 114 valence electrons. The summed E-state index contributed by atoms with van der Waals surface area (Å²) in [6, 6.07) is 8.71. The predicted octanol–water partition coefficient (Wildman–Crippen LogP) is 3.44. The molecule has 2 aliphatic heterocycles. The highest BCUT2D eigenvalue weighted by atomic mass is 32.1. The molecule has 4 rings (SSSR count). The van der Waals surface area contributed by atoms with Crippen LogP contribution in [0.25, 0.3) is 0 Å². The second kappa shape index (κ2) is 5.41. The lowest BCUT2D eigenvalue weighted by Gasteiger charge is -2.34. The average molecular weight is 313 g/mol. The highest BCUT2D eigenvalue weighted by Crippen LogP contribution is 2.39. The van der Waals surface area contributed by atoms with E-state index in [1.165, 1.54) is 0 Å². The molecule has 1 aromatic carbocycles. The molecule has 0 amide bonds. The van der Waals surface area contributed by atoms with E-state index in [1.807, 2.05) is 31.2 Å². The summed E-state index contributed by atoms with van der Waals surface area (Å²) >= 11 is 1.65. The topological polar surface area (TPSA) is 30.9 Å². The minimum Gasteiger partial charge on any atom is -0.353 e. The van der Waals surface area contributed by atoms with Crippen molar-refractivity contribution in [2.75, 3.05) is 38.5 Å². The monoisotopic (exact) mass is 313 g/mol. The van der Waals surface area contributed by atoms with E-state index in [2.05, 4.69) is 22.2 Å². The smallest absolute Gasteiger partial charge is 0.139 e. The van der Waals surface area contributed by atoms with Gasteiger partial charge in [-0.05, 0) is 32.1 Å². The zero-order valence-corrected chi connectivity index (χ0v) is 13.7. The van der Waals surface area contributed by atoms with E-state index >= 15 is 0 Å². The molecule has 5 heteroatoms. The number of hydrogen-bond acceptors (Lipinski definition) is 5. The van der Waals surface area contributed by atoms with Gasteiger partial charge in [0.25, 0.3) is 0 Å². The molecule has 0 atom stereocenters. The number of fused-ring (bicyclic) bond motifs is 2. The SMILES string of the molecule is [2H]c1c(C)sc2c1C(N1CCN(C)CC1)=Nc1ccccc1N2. The molecule has 1 saturated heterocycles. The Morgan fingerprint density at radius 2 is 2.00 bits per heavy atom. The minimum absolute atomic E-state index is 0.600. The van der Waals surface area contributed by atoms with Crippen molar-refractivity contribution in [3.8, 4) is 0 Å². The van der Waals surface area contributed by atoms with E-state index in [-0.39, 0.29) is 0 Å². The van der Waals surface area contributed by atoms with E-state index in [0.717, 1.165) is 58.8 Å². The number of thiophene rings is 1. The van der Waals surface area contributed by atoms with Crippen LogP contribution in [0.1, 0.15) is 11.8 Å². The number of hydrogen-bond donors (Lipinski definition) is 1. The number of aryl methyl sites for hydroxylation is 1. The number of aliphatic imine (C=N–C) groups is 1. The number of piperazine rings is 1. The summed E-state index contributed by atoms with van der Waals surface area (Å²) in [4.78, 5) is 10.6. The molecule has 3 heterocycles. The maximum atomic E-state index is 8.50. The van der Waals surface area contributed by atoms with Crippen molar-refractivity contribution in [2.45, 2.75) is 6.92 Å².